The molecule has 1 aliphatic heterocycles. The number of piperidine rings is 1. The zero-order valence-electron chi connectivity index (χ0n) is 12.3. The Morgan fingerprint density at radius 2 is 2.25 bits per heavy atom. The van der Waals surface area contributed by atoms with Gasteiger partial charge in [0.1, 0.15) is 5.65 Å². The molecule has 20 heavy (non-hydrogen) atoms. The molecule has 4 heteroatoms. The summed E-state index contributed by atoms with van der Waals surface area (Å²) in [7, 11) is 0. The molecule has 0 spiro atoms. The van der Waals surface area contributed by atoms with Crippen molar-refractivity contribution in [2.45, 2.75) is 51.8 Å². The lowest BCUT2D eigenvalue weighted by molar-refractivity contribution is 0.0308. The third kappa shape index (κ3) is 2.58. The lowest BCUT2D eigenvalue weighted by Crippen LogP contribution is -2.45. The first-order valence-electron chi connectivity index (χ1n) is 7.50. The van der Waals surface area contributed by atoms with Gasteiger partial charge in [-0.15, -0.1) is 0 Å². The smallest absolute Gasteiger partial charge is 0.136 e. The van der Waals surface area contributed by atoms with Gasteiger partial charge < -0.3 is 9.51 Å². The topological polar surface area (TPSA) is 40.8 Å². The predicted octanol–water partition coefficient (Wildman–Crippen LogP) is 2.38. The van der Waals surface area contributed by atoms with Crippen molar-refractivity contribution in [3.8, 4) is 0 Å². The number of imidazole rings is 1. The number of rotatable bonds is 3. The Morgan fingerprint density at radius 1 is 1.40 bits per heavy atom. The van der Waals surface area contributed by atoms with E-state index in [1.54, 1.807) is 0 Å². The lowest BCUT2D eigenvalue weighted by atomic mass is 9.98. The van der Waals surface area contributed by atoms with Crippen LogP contribution in [0.3, 0.4) is 0 Å². The molecule has 0 radical (unpaired) electrons. The molecule has 2 aromatic heterocycles. The second-order valence-electron chi connectivity index (χ2n) is 5.96. The summed E-state index contributed by atoms with van der Waals surface area (Å²) in [5.74, 6) is 0. The molecule has 1 saturated heterocycles. The highest BCUT2D eigenvalue weighted by Crippen LogP contribution is 2.22. The van der Waals surface area contributed by atoms with E-state index in [1.165, 1.54) is 24.1 Å². The number of aliphatic hydroxyl groups is 1. The van der Waals surface area contributed by atoms with Crippen LogP contribution in [0.4, 0.5) is 0 Å². The van der Waals surface area contributed by atoms with Crippen molar-refractivity contribution in [3.05, 3.63) is 35.8 Å². The summed E-state index contributed by atoms with van der Waals surface area (Å²) in [6.07, 6.45) is 7.36. The molecule has 0 amide bonds. The van der Waals surface area contributed by atoms with Crippen molar-refractivity contribution >= 4 is 5.65 Å². The predicted molar refractivity (Wildman–Crippen MR) is 79.7 cm³/mol. The zero-order valence-corrected chi connectivity index (χ0v) is 12.3. The fourth-order valence-electron chi connectivity index (χ4n) is 3.22. The van der Waals surface area contributed by atoms with Crippen LogP contribution in [0.2, 0.25) is 0 Å². The van der Waals surface area contributed by atoms with Crippen LogP contribution >= 0.6 is 0 Å². The van der Waals surface area contributed by atoms with Crippen molar-refractivity contribution in [1.29, 1.82) is 0 Å². The zero-order chi connectivity index (χ0) is 14.1. The van der Waals surface area contributed by atoms with Crippen LogP contribution in [0.1, 0.15) is 37.4 Å². The van der Waals surface area contributed by atoms with E-state index in [1.807, 2.05) is 13.1 Å². The van der Waals surface area contributed by atoms with Gasteiger partial charge in [-0.1, -0.05) is 12.5 Å². The van der Waals surface area contributed by atoms with Crippen molar-refractivity contribution in [2.75, 3.05) is 6.54 Å². The van der Waals surface area contributed by atoms with E-state index in [0.29, 0.717) is 0 Å². The Bertz CT molecular complexity index is 590. The Labute approximate surface area is 120 Å². The Hall–Kier alpha value is -1.39. The molecule has 0 bridgehead atoms. The monoisotopic (exact) mass is 273 g/mol. The van der Waals surface area contributed by atoms with Crippen molar-refractivity contribution in [3.63, 3.8) is 0 Å². The summed E-state index contributed by atoms with van der Waals surface area (Å²) >= 11 is 0. The highest BCUT2D eigenvalue weighted by Gasteiger charge is 2.26. The second-order valence-corrected chi connectivity index (χ2v) is 5.96. The number of nitrogens with zero attached hydrogens (tertiary/aromatic N) is 3. The number of hydrogen-bond donors (Lipinski definition) is 1. The molecule has 0 aliphatic carbocycles. The third-order valence-electron chi connectivity index (χ3n) is 4.32. The summed E-state index contributed by atoms with van der Waals surface area (Å²) in [6.45, 7) is 5.93. The van der Waals surface area contributed by atoms with Crippen LogP contribution < -0.4 is 0 Å². The van der Waals surface area contributed by atoms with E-state index in [9.17, 15) is 5.11 Å². The maximum Gasteiger partial charge on any atom is 0.136 e. The van der Waals surface area contributed by atoms with E-state index in [4.69, 9.17) is 0 Å². The van der Waals surface area contributed by atoms with E-state index < -0.39 is 0 Å². The molecule has 1 fully saturated rings. The molecule has 108 valence electrons. The molecule has 4 nitrogen and oxygen atoms in total. The largest absolute Gasteiger partial charge is 0.392 e. The number of fused-ring (bicyclic) bond motifs is 1. The first kappa shape index (κ1) is 13.6. The molecule has 2 atom stereocenters. The van der Waals surface area contributed by atoms with Crippen molar-refractivity contribution in [2.24, 2.45) is 0 Å². The number of pyridine rings is 1. The summed E-state index contributed by atoms with van der Waals surface area (Å²) in [4.78, 5) is 6.87. The van der Waals surface area contributed by atoms with Gasteiger partial charge in [-0.2, -0.15) is 0 Å². The summed E-state index contributed by atoms with van der Waals surface area (Å²) < 4.78 is 2.17. The minimum Gasteiger partial charge on any atom is -0.392 e. The van der Waals surface area contributed by atoms with Gasteiger partial charge in [-0.05, 0) is 44.9 Å². The molecule has 1 aliphatic rings. The Kier molecular flexibility index (Phi) is 3.76. The van der Waals surface area contributed by atoms with E-state index in [0.717, 1.165) is 25.2 Å². The van der Waals surface area contributed by atoms with Crippen LogP contribution in [0.15, 0.2) is 24.5 Å². The molecule has 1 N–H and O–H groups in total. The molecule has 0 saturated carbocycles. The van der Waals surface area contributed by atoms with Gasteiger partial charge in [-0.3, -0.25) is 4.90 Å². The fraction of sp³-hybridized carbons (Fsp3) is 0.562. The molecule has 2 unspecified atom stereocenters. The summed E-state index contributed by atoms with van der Waals surface area (Å²) in [5, 5.41) is 9.97. The summed E-state index contributed by atoms with van der Waals surface area (Å²) in [6, 6.07) is 4.42. The van der Waals surface area contributed by atoms with E-state index in [2.05, 4.69) is 39.5 Å². The molecule has 3 rings (SSSR count). The van der Waals surface area contributed by atoms with Crippen LogP contribution in [-0.4, -0.2) is 38.1 Å². The van der Waals surface area contributed by atoms with Gasteiger partial charge in [0.25, 0.3) is 0 Å². The molecule has 3 heterocycles. The molecule has 0 aromatic carbocycles. The quantitative estimate of drug-likeness (QED) is 0.933. The minimum absolute atomic E-state index is 0.267. The Morgan fingerprint density at radius 3 is 3.05 bits per heavy atom. The number of likely N-dealkylation sites (tertiary alicyclic amines) is 1. The van der Waals surface area contributed by atoms with Gasteiger partial charge in [0.2, 0.25) is 0 Å². The average molecular weight is 273 g/mol. The van der Waals surface area contributed by atoms with Crippen LogP contribution in [0.25, 0.3) is 5.65 Å². The number of aliphatic hydroxyl groups excluding tert-OH is 1. The number of aromatic nitrogens is 2. The fourth-order valence-corrected chi connectivity index (χ4v) is 3.22. The minimum atomic E-state index is -0.267. The normalized spacial score (nSPS) is 22.2. The molecular formula is C16H23N3O. The number of hydrogen-bond acceptors (Lipinski definition) is 3. The van der Waals surface area contributed by atoms with E-state index >= 15 is 0 Å². The first-order valence-corrected chi connectivity index (χ1v) is 7.50. The van der Waals surface area contributed by atoms with Crippen molar-refractivity contribution < 1.29 is 5.11 Å². The first-order chi connectivity index (χ1) is 9.65. The summed E-state index contributed by atoms with van der Waals surface area (Å²) in [5.41, 5.74) is 3.44. The van der Waals surface area contributed by atoms with Crippen LogP contribution in [-0.2, 0) is 6.54 Å². The average Bonchev–Trinajstić information content (AvgIpc) is 2.82. The lowest BCUT2D eigenvalue weighted by Gasteiger charge is -2.37. The SMILES string of the molecule is Cc1ccc2ncc(CN3CCCCC3C(C)O)n2c1. The maximum atomic E-state index is 9.97. The standard InChI is InChI=1S/C16H23N3O/c1-12-6-7-16-17-9-14(19(16)10-12)11-18-8-4-3-5-15(18)13(2)20/h6-7,9-10,13,15,20H,3-5,8,11H2,1-2H3. The highest BCUT2D eigenvalue weighted by molar-refractivity contribution is 5.41. The van der Waals surface area contributed by atoms with E-state index in [-0.39, 0.29) is 12.1 Å². The number of aryl methyl sites for hydroxylation is 1. The van der Waals surface area contributed by atoms with Crippen LogP contribution in [0.5, 0.6) is 0 Å². The van der Waals surface area contributed by atoms with Gasteiger partial charge in [0.05, 0.1) is 18.0 Å². The van der Waals surface area contributed by atoms with Gasteiger partial charge >= 0.3 is 0 Å². The third-order valence-corrected chi connectivity index (χ3v) is 4.32. The van der Waals surface area contributed by atoms with Gasteiger partial charge in [0, 0.05) is 18.8 Å². The van der Waals surface area contributed by atoms with Gasteiger partial charge in [-0.25, -0.2) is 4.98 Å². The molecule has 2 aromatic rings. The van der Waals surface area contributed by atoms with Gasteiger partial charge in [0.15, 0.2) is 0 Å². The second kappa shape index (κ2) is 5.54. The van der Waals surface area contributed by atoms with Crippen LogP contribution in [0, 0.1) is 6.92 Å². The Balaban J connectivity index is 1.86. The molecular weight excluding hydrogens is 250 g/mol. The van der Waals surface area contributed by atoms with Crippen molar-refractivity contribution in [1.82, 2.24) is 14.3 Å². The maximum absolute atomic E-state index is 9.97. The highest BCUT2D eigenvalue weighted by atomic mass is 16.3.